The van der Waals surface area contributed by atoms with Crippen molar-refractivity contribution in [2.24, 2.45) is 5.92 Å². The molecule has 0 spiro atoms. The standard InChI is InChI=1S/C11H12FNO2/c12-9-5-8(3-4-10(9)13)11(14)15-6-7-1-2-7/h3-5,7H,1-2,6,13H2. The molecule has 2 N–H and O–H groups in total. The van der Waals surface area contributed by atoms with Crippen molar-refractivity contribution in [2.75, 3.05) is 12.3 Å². The third-order valence-electron chi connectivity index (χ3n) is 2.38. The van der Waals surface area contributed by atoms with Crippen molar-refractivity contribution >= 4 is 11.7 Å². The number of esters is 1. The summed E-state index contributed by atoms with van der Waals surface area (Å²) >= 11 is 0. The Balaban J connectivity index is 2.00. The summed E-state index contributed by atoms with van der Waals surface area (Å²) in [5, 5.41) is 0. The van der Waals surface area contributed by atoms with Gasteiger partial charge in [0.15, 0.2) is 0 Å². The maximum atomic E-state index is 13.0. The van der Waals surface area contributed by atoms with Gasteiger partial charge in [0.25, 0.3) is 0 Å². The maximum Gasteiger partial charge on any atom is 0.338 e. The molecular formula is C11H12FNO2. The highest BCUT2D eigenvalue weighted by Crippen LogP contribution is 2.29. The van der Waals surface area contributed by atoms with Crippen LogP contribution in [0.15, 0.2) is 18.2 Å². The van der Waals surface area contributed by atoms with Crippen LogP contribution in [-0.4, -0.2) is 12.6 Å². The molecule has 0 heterocycles. The van der Waals surface area contributed by atoms with Gasteiger partial charge in [0, 0.05) is 0 Å². The third kappa shape index (κ3) is 2.46. The molecular weight excluding hydrogens is 197 g/mol. The Morgan fingerprint density at radius 1 is 1.53 bits per heavy atom. The number of nitrogen functional groups attached to an aromatic ring is 1. The number of nitrogens with two attached hydrogens (primary N) is 1. The van der Waals surface area contributed by atoms with Crippen LogP contribution in [0.5, 0.6) is 0 Å². The molecule has 0 unspecified atom stereocenters. The summed E-state index contributed by atoms with van der Waals surface area (Å²) in [5.74, 6) is -0.566. The van der Waals surface area contributed by atoms with Crippen molar-refractivity contribution < 1.29 is 13.9 Å². The van der Waals surface area contributed by atoms with Gasteiger partial charge in [0.2, 0.25) is 0 Å². The van der Waals surface area contributed by atoms with Gasteiger partial charge in [-0.1, -0.05) is 0 Å². The average molecular weight is 209 g/mol. The largest absolute Gasteiger partial charge is 0.462 e. The number of hydrogen-bond donors (Lipinski definition) is 1. The highest BCUT2D eigenvalue weighted by Gasteiger charge is 2.23. The molecule has 2 rings (SSSR count). The van der Waals surface area contributed by atoms with Gasteiger partial charge in [0.05, 0.1) is 17.9 Å². The van der Waals surface area contributed by atoms with Crippen LogP contribution in [0.1, 0.15) is 23.2 Å². The lowest BCUT2D eigenvalue weighted by molar-refractivity contribution is 0.0485. The molecule has 0 aromatic heterocycles. The highest BCUT2D eigenvalue weighted by molar-refractivity contribution is 5.89. The van der Waals surface area contributed by atoms with Crippen LogP contribution in [0.3, 0.4) is 0 Å². The van der Waals surface area contributed by atoms with E-state index >= 15 is 0 Å². The average Bonchev–Trinajstić information content (AvgIpc) is 3.02. The molecule has 15 heavy (non-hydrogen) atoms. The zero-order valence-electron chi connectivity index (χ0n) is 8.20. The second-order valence-electron chi connectivity index (χ2n) is 3.78. The van der Waals surface area contributed by atoms with E-state index in [1.807, 2.05) is 0 Å². The Morgan fingerprint density at radius 3 is 2.87 bits per heavy atom. The first kappa shape index (κ1) is 9.96. The minimum absolute atomic E-state index is 0.0359. The molecule has 1 aliphatic rings. The summed E-state index contributed by atoms with van der Waals surface area (Å²) in [5.41, 5.74) is 5.54. The van der Waals surface area contributed by atoms with Gasteiger partial charge in [-0.3, -0.25) is 0 Å². The van der Waals surface area contributed by atoms with E-state index in [1.54, 1.807) is 0 Å². The van der Waals surface area contributed by atoms with Crippen molar-refractivity contribution in [3.8, 4) is 0 Å². The predicted octanol–water partition coefficient (Wildman–Crippen LogP) is 1.97. The fourth-order valence-corrected chi connectivity index (χ4v) is 1.22. The topological polar surface area (TPSA) is 52.3 Å². The van der Waals surface area contributed by atoms with Gasteiger partial charge >= 0.3 is 5.97 Å². The molecule has 1 aromatic rings. The number of ether oxygens (including phenoxy) is 1. The minimum atomic E-state index is -0.587. The molecule has 80 valence electrons. The molecule has 0 atom stereocenters. The van der Waals surface area contributed by atoms with E-state index in [9.17, 15) is 9.18 Å². The van der Waals surface area contributed by atoms with E-state index in [2.05, 4.69) is 0 Å². The summed E-state index contributed by atoms with van der Waals surface area (Å²) in [7, 11) is 0. The van der Waals surface area contributed by atoms with Gasteiger partial charge in [-0.25, -0.2) is 9.18 Å². The van der Waals surface area contributed by atoms with Crippen LogP contribution in [0.2, 0.25) is 0 Å². The zero-order chi connectivity index (χ0) is 10.8. The van der Waals surface area contributed by atoms with Gasteiger partial charge in [-0.05, 0) is 37.0 Å². The summed E-state index contributed by atoms with van der Waals surface area (Å²) in [6.07, 6.45) is 2.23. The Morgan fingerprint density at radius 2 is 2.27 bits per heavy atom. The Bertz CT molecular complexity index is 388. The summed E-state index contributed by atoms with van der Waals surface area (Å²) < 4.78 is 18.0. The number of carbonyl (C=O) groups is 1. The highest BCUT2D eigenvalue weighted by atomic mass is 19.1. The van der Waals surface area contributed by atoms with Gasteiger partial charge in [-0.15, -0.1) is 0 Å². The summed E-state index contributed by atoms with van der Waals surface area (Å²) in [6, 6.07) is 3.93. The van der Waals surface area contributed by atoms with E-state index in [0.717, 1.165) is 18.9 Å². The molecule has 3 nitrogen and oxygen atoms in total. The van der Waals surface area contributed by atoms with Crippen LogP contribution in [0.25, 0.3) is 0 Å². The number of halogens is 1. The normalized spacial score (nSPS) is 15.0. The molecule has 0 radical (unpaired) electrons. The Labute approximate surface area is 87.0 Å². The maximum absolute atomic E-state index is 13.0. The predicted molar refractivity (Wildman–Crippen MR) is 53.8 cm³/mol. The second kappa shape index (κ2) is 3.88. The minimum Gasteiger partial charge on any atom is -0.462 e. The van der Waals surface area contributed by atoms with Crippen molar-refractivity contribution in [1.82, 2.24) is 0 Å². The molecule has 4 heteroatoms. The lowest BCUT2D eigenvalue weighted by Gasteiger charge is -2.04. The molecule has 1 saturated carbocycles. The van der Waals surface area contributed by atoms with E-state index in [1.165, 1.54) is 12.1 Å². The lowest BCUT2D eigenvalue weighted by Crippen LogP contribution is -2.08. The molecule has 0 saturated heterocycles. The van der Waals surface area contributed by atoms with Crippen molar-refractivity contribution in [3.63, 3.8) is 0 Å². The van der Waals surface area contributed by atoms with Crippen LogP contribution in [-0.2, 0) is 4.74 Å². The fraction of sp³-hybridized carbons (Fsp3) is 0.364. The molecule has 1 aliphatic carbocycles. The molecule has 1 aromatic carbocycles. The zero-order valence-corrected chi connectivity index (χ0v) is 8.20. The van der Waals surface area contributed by atoms with Crippen LogP contribution >= 0.6 is 0 Å². The van der Waals surface area contributed by atoms with E-state index < -0.39 is 11.8 Å². The summed E-state index contributed by atoms with van der Waals surface area (Å²) in [4.78, 5) is 11.4. The quantitative estimate of drug-likeness (QED) is 0.611. The Hall–Kier alpha value is -1.58. The smallest absolute Gasteiger partial charge is 0.338 e. The number of carbonyl (C=O) groups excluding carboxylic acids is 1. The van der Waals surface area contributed by atoms with Crippen LogP contribution in [0, 0.1) is 11.7 Å². The first-order chi connectivity index (χ1) is 7.16. The molecule has 1 fully saturated rings. The number of hydrogen-bond acceptors (Lipinski definition) is 3. The summed E-state index contributed by atoms with van der Waals surface area (Å²) in [6.45, 7) is 0.435. The first-order valence-electron chi connectivity index (χ1n) is 4.89. The molecule has 0 bridgehead atoms. The van der Waals surface area contributed by atoms with Gasteiger partial charge < -0.3 is 10.5 Å². The first-order valence-corrected chi connectivity index (χ1v) is 4.89. The monoisotopic (exact) mass is 209 g/mol. The van der Waals surface area contributed by atoms with Crippen LogP contribution < -0.4 is 5.73 Å². The number of rotatable bonds is 3. The van der Waals surface area contributed by atoms with Crippen LogP contribution in [0.4, 0.5) is 10.1 Å². The van der Waals surface area contributed by atoms with Crippen molar-refractivity contribution in [2.45, 2.75) is 12.8 Å². The van der Waals surface area contributed by atoms with Gasteiger partial charge in [-0.2, -0.15) is 0 Å². The molecule has 0 aliphatic heterocycles. The Kier molecular flexibility index (Phi) is 2.58. The second-order valence-corrected chi connectivity index (χ2v) is 3.78. The van der Waals surface area contributed by atoms with E-state index in [-0.39, 0.29) is 11.3 Å². The van der Waals surface area contributed by atoms with E-state index in [0.29, 0.717) is 12.5 Å². The van der Waals surface area contributed by atoms with E-state index in [4.69, 9.17) is 10.5 Å². The number of benzene rings is 1. The SMILES string of the molecule is Nc1ccc(C(=O)OCC2CC2)cc1F. The van der Waals surface area contributed by atoms with Crippen molar-refractivity contribution in [3.05, 3.63) is 29.6 Å². The fourth-order valence-electron chi connectivity index (χ4n) is 1.22. The van der Waals surface area contributed by atoms with Gasteiger partial charge in [0.1, 0.15) is 5.82 Å². The lowest BCUT2D eigenvalue weighted by atomic mass is 10.2. The van der Waals surface area contributed by atoms with Crippen molar-refractivity contribution in [1.29, 1.82) is 0 Å². The number of anilines is 1. The third-order valence-corrected chi connectivity index (χ3v) is 2.38. The molecule has 0 amide bonds.